The first-order chi connectivity index (χ1) is 10.6. The van der Waals surface area contributed by atoms with E-state index in [0.717, 1.165) is 30.5 Å². The largest absolute Gasteiger partial charge is 0.478 e. The molecule has 1 saturated heterocycles. The third-order valence-corrected chi connectivity index (χ3v) is 3.95. The molecule has 0 saturated carbocycles. The molecule has 0 aliphatic carbocycles. The minimum atomic E-state index is -0.929. The second kappa shape index (κ2) is 6.32. The Kier molecular flexibility index (Phi) is 4.24. The van der Waals surface area contributed by atoms with Crippen LogP contribution in [0, 0.1) is 0 Å². The SMILES string of the molecule is CC(CN1CCCC1)Oc1ccc2cc(C(=O)O)ccc2n1. The fourth-order valence-corrected chi connectivity index (χ4v) is 2.88. The lowest BCUT2D eigenvalue weighted by Crippen LogP contribution is -2.31. The third-order valence-electron chi connectivity index (χ3n) is 3.95. The van der Waals surface area contributed by atoms with Crippen molar-refractivity contribution in [1.29, 1.82) is 0 Å². The Labute approximate surface area is 129 Å². The van der Waals surface area contributed by atoms with Gasteiger partial charge in [0, 0.05) is 18.0 Å². The van der Waals surface area contributed by atoms with Crippen LogP contribution in [0.4, 0.5) is 0 Å². The lowest BCUT2D eigenvalue weighted by molar-refractivity contribution is 0.0697. The summed E-state index contributed by atoms with van der Waals surface area (Å²) >= 11 is 0. The Morgan fingerprint density at radius 1 is 1.32 bits per heavy atom. The molecular formula is C17H20N2O3. The molecule has 116 valence electrons. The van der Waals surface area contributed by atoms with Crippen LogP contribution in [0.2, 0.25) is 0 Å². The van der Waals surface area contributed by atoms with Crippen molar-refractivity contribution in [3.8, 4) is 5.88 Å². The predicted octanol–water partition coefficient (Wildman–Crippen LogP) is 2.80. The molecule has 5 nitrogen and oxygen atoms in total. The molecule has 0 radical (unpaired) electrons. The summed E-state index contributed by atoms with van der Waals surface area (Å²) in [6.45, 7) is 5.27. The molecule has 1 aromatic heterocycles. The monoisotopic (exact) mass is 300 g/mol. The highest BCUT2D eigenvalue weighted by Gasteiger charge is 2.16. The number of likely N-dealkylation sites (tertiary alicyclic amines) is 1. The van der Waals surface area contributed by atoms with Crippen LogP contribution in [0.1, 0.15) is 30.1 Å². The number of aromatic carboxylic acids is 1. The van der Waals surface area contributed by atoms with Crippen LogP contribution in [0.15, 0.2) is 30.3 Å². The van der Waals surface area contributed by atoms with E-state index in [2.05, 4.69) is 16.8 Å². The second-order valence-corrected chi connectivity index (χ2v) is 5.80. The molecule has 1 aromatic carbocycles. The number of benzene rings is 1. The van der Waals surface area contributed by atoms with Gasteiger partial charge in [-0.25, -0.2) is 9.78 Å². The Bertz CT molecular complexity index is 681. The first-order valence-corrected chi connectivity index (χ1v) is 7.65. The average Bonchev–Trinajstić information content (AvgIpc) is 2.99. The van der Waals surface area contributed by atoms with Gasteiger partial charge in [0.25, 0.3) is 0 Å². The Morgan fingerprint density at radius 3 is 2.82 bits per heavy atom. The third kappa shape index (κ3) is 3.36. The van der Waals surface area contributed by atoms with Crippen molar-refractivity contribution < 1.29 is 14.6 Å². The van der Waals surface area contributed by atoms with Gasteiger partial charge < -0.3 is 9.84 Å². The van der Waals surface area contributed by atoms with E-state index in [1.54, 1.807) is 24.3 Å². The molecule has 1 N–H and O–H groups in total. The van der Waals surface area contributed by atoms with Gasteiger partial charge in [-0.05, 0) is 57.1 Å². The van der Waals surface area contributed by atoms with E-state index < -0.39 is 5.97 Å². The lowest BCUT2D eigenvalue weighted by Gasteiger charge is -2.20. The minimum Gasteiger partial charge on any atom is -0.478 e. The number of nitrogens with zero attached hydrogens (tertiary/aromatic N) is 2. The van der Waals surface area contributed by atoms with Crippen LogP contribution < -0.4 is 4.74 Å². The summed E-state index contributed by atoms with van der Waals surface area (Å²) in [6, 6.07) is 8.56. The van der Waals surface area contributed by atoms with Crippen molar-refractivity contribution in [3.63, 3.8) is 0 Å². The van der Waals surface area contributed by atoms with Crippen LogP contribution in [0.25, 0.3) is 10.9 Å². The van der Waals surface area contributed by atoms with Crippen LogP contribution in [0.3, 0.4) is 0 Å². The number of carboxylic acid groups (broad SMARTS) is 1. The maximum Gasteiger partial charge on any atom is 0.335 e. The maximum atomic E-state index is 11.0. The van der Waals surface area contributed by atoms with Crippen molar-refractivity contribution in [1.82, 2.24) is 9.88 Å². The molecule has 3 rings (SSSR count). The van der Waals surface area contributed by atoms with Crippen molar-refractivity contribution in [3.05, 3.63) is 35.9 Å². The summed E-state index contributed by atoms with van der Waals surface area (Å²) in [5.41, 5.74) is 1.02. The molecule has 1 aliphatic rings. The number of carboxylic acids is 1. The smallest absolute Gasteiger partial charge is 0.335 e. The van der Waals surface area contributed by atoms with Crippen molar-refractivity contribution in [2.75, 3.05) is 19.6 Å². The summed E-state index contributed by atoms with van der Waals surface area (Å²) in [5, 5.41) is 9.81. The number of hydrogen-bond acceptors (Lipinski definition) is 4. The van der Waals surface area contributed by atoms with Gasteiger partial charge in [0.05, 0.1) is 11.1 Å². The number of aromatic nitrogens is 1. The predicted molar refractivity (Wildman–Crippen MR) is 84.5 cm³/mol. The molecule has 0 amide bonds. The molecule has 1 atom stereocenters. The Hall–Kier alpha value is -2.14. The van der Waals surface area contributed by atoms with Gasteiger partial charge in [-0.3, -0.25) is 4.90 Å². The minimum absolute atomic E-state index is 0.0846. The number of ether oxygens (including phenoxy) is 1. The van der Waals surface area contributed by atoms with Gasteiger partial charge in [0.2, 0.25) is 5.88 Å². The molecule has 2 aromatic rings. The molecule has 0 bridgehead atoms. The molecule has 1 unspecified atom stereocenters. The maximum absolute atomic E-state index is 11.0. The highest BCUT2D eigenvalue weighted by atomic mass is 16.5. The van der Waals surface area contributed by atoms with Gasteiger partial charge in [-0.15, -0.1) is 0 Å². The van der Waals surface area contributed by atoms with Gasteiger partial charge in [0.1, 0.15) is 6.10 Å². The zero-order chi connectivity index (χ0) is 15.5. The van der Waals surface area contributed by atoms with E-state index in [4.69, 9.17) is 9.84 Å². The number of pyridine rings is 1. The zero-order valence-corrected chi connectivity index (χ0v) is 12.7. The van der Waals surface area contributed by atoms with Gasteiger partial charge in [0.15, 0.2) is 0 Å². The molecule has 2 heterocycles. The van der Waals surface area contributed by atoms with Crippen LogP contribution in [-0.2, 0) is 0 Å². The quantitative estimate of drug-likeness (QED) is 0.920. The normalized spacial score (nSPS) is 16.8. The highest BCUT2D eigenvalue weighted by molar-refractivity contribution is 5.93. The molecule has 5 heteroatoms. The molecular weight excluding hydrogens is 280 g/mol. The lowest BCUT2D eigenvalue weighted by atomic mass is 10.1. The standard InChI is InChI=1S/C17H20N2O3/c1-12(11-19-8-2-3-9-19)22-16-7-5-13-10-14(17(20)21)4-6-15(13)18-16/h4-7,10,12H,2-3,8-9,11H2,1H3,(H,20,21). The van der Waals surface area contributed by atoms with Gasteiger partial charge in [-0.2, -0.15) is 0 Å². The van der Waals surface area contributed by atoms with Gasteiger partial charge >= 0.3 is 5.97 Å². The van der Waals surface area contributed by atoms with E-state index in [1.165, 1.54) is 12.8 Å². The number of rotatable bonds is 5. The summed E-state index contributed by atoms with van der Waals surface area (Å²) in [7, 11) is 0. The van der Waals surface area contributed by atoms with E-state index >= 15 is 0 Å². The Balaban J connectivity index is 1.71. The summed E-state index contributed by atoms with van der Waals surface area (Å²) in [4.78, 5) is 17.8. The summed E-state index contributed by atoms with van der Waals surface area (Å²) < 4.78 is 5.89. The van der Waals surface area contributed by atoms with E-state index in [9.17, 15) is 4.79 Å². The fourth-order valence-electron chi connectivity index (χ4n) is 2.88. The first-order valence-electron chi connectivity index (χ1n) is 7.65. The average molecular weight is 300 g/mol. The Morgan fingerprint density at radius 2 is 2.09 bits per heavy atom. The van der Waals surface area contributed by atoms with Crippen molar-refractivity contribution >= 4 is 16.9 Å². The zero-order valence-electron chi connectivity index (χ0n) is 12.7. The van der Waals surface area contributed by atoms with E-state index in [0.29, 0.717) is 5.88 Å². The van der Waals surface area contributed by atoms with Crippen LogP contribution in [-0.4, -0.2) is 46.7 Å². The summed E-state index contributed by atoms with van der Waals surface area (Å²) in [5.74, 6) is -0.344. The van der Waals surface area contributed by atoms with E-state index in [-0.39, 0.29) is 11.7 Å². The highest BCUT2D eigenvalue weighted by Crippen LogP contribution is 2.19. The first kappa shape index (κ1) is 14.8. The molecule has 0 spiro atoms. The van der Waals surface area contributed by atoms with Crippen molar-refractivity contribution in [2.24, 2.45) is 0 Å². The molecule has 1 aliphatic heterocycles. The molecule has 22 heavy (non-hydrogen) atoms. The summed E-state index contributed by atoms with van der Waals surface area (Å²) in [6.07, 6.45) is 2.63. The second-order valence-electron chi connectivity index (χ2n) is 5.80. The topological polar surface area (TPSA) is 62.7 Å². The van der Waals surface area contributed by atoms with Crippen LogP contribution >= 0.6 is 0 Å². The molecule has 1 fully saturated rings. The number of hydrogen-bond donors (Lipinski definition) is 1. The fraction of sp³-hybridized carbons (Fsp3) is 0.412. The van der Waals surface area contributed by atoms with Gasteiger partial charge in [-0.1, -0.05) is 0 Å². The number of fused-ring (bicyclic) bond motifs is 1. The number of carbonyl (C=O) groups is 1. The van der Waals surface area contributed by atoms with E-state index in [1.807, 2.05) is 6.07 Å². The van der Waals surface area contributed by atoms with Crippen LogP contribution in [0.5, 0.6) is 5.88 Å². The van der Waals surface area contributed by atoms with Crippen molar-refractivity contribution in [2.45, 2.75) is 25.9 Å².